The Morgan fingerprint density at radius 2 is 2.19 bits per heavy atom. The third kappa shape index (κ3) is 3.21. The van der Waals surface area contributed by atoms with Crippen molar-refractivity contribution in [1.82, 2.24) is 0 Å². The predicted molar refractivity (Wildman–Crippen MR) is 62.3 cm³/mol. The van der Waals surface area contributed by atoms with Crippen LogP contribution in [-0.2, 0) is 9.53 Å². The van der Waals surface area contributed by atoms with Gasteiger partial charge in [0.15, 0.2) is 0 Å². The van der Waals surface area contributed by atoms with Gasteiger partial charge in [0.25, 0.3) is 0 Å². The minimum absolute atomic E-state index is 0.0888. The number of benzene rings is 1. The molecule has 0 bridgehead atoms. The molecule has 1 atom stereocenters. The molecule has 0 aromatic heterocycles. The number of esters is 1. The molecule has 0 unspecified atom stereocenters. The van der Waals surface area contributed by atoms with Crippen molar-refractivity contribution in [3.05, 3.63) is 28.2 Å². The van der Waals surface area contributed by atoms with Crippen molar-refractivity contribution in [3.8, 4) is 5.75 Å². The van der Waals surface area contributed by atoms with Gasteiger partial charge in [-0.25, -0.2) is 0 Å². The molecule has 0 saturated carbocycles. The molecule has 1 rings (SSSR count). The molecule has 1 N–H and O–H groups in total. The van der Waals surface area contributed by atoms with Crippen molar-refractivity contribution < 1.29 is 19.4 Å². The molecule has 0 aliphatic carbocycles. The summed E-state index contributed by atoms with van der Waals surface area (Å²) in [6.45, 7) is 0. The van der Waals surface area contributed by atoms with Gasteiger partial charge >= 0.3 is 5.97 Å². The van der Waals surface area contributed by atoms with E-state index in [0.29, 0.717) is 11.3 Å². The van der Waals surface area contributed by atoms with Crippen LogP contribution in [0.15, 0.2) is 22.7 Å². The molecule has 0 radical (unpaired) electrons. The summed E-state index contributed by atoms with van der Waals surface area (Å²) in [5.41, 5.74) is 0.566. The minimum Gasteiger partial charge on any atom is -0.496 e. The van der Waals surface area contributed by atoms with Gasteiger partial charge < -0.3 is 14.6 Å². The molecule has 5 heteroatoms. The highest BCUT2D eigenvalue weighted by atomic mass is 79.9. The topological polar surface area (TPSA) is 55.8 Å². The fourth-order valence-electron chi connectivity index (χ4n) is 1.31. The van der Waals surface area contributed by atoms with Crippen molar-refractivity contribution in [1.29, 1.82) is 0 Å². The molecule has 88 valence electrons. The Morgan fingerprint density at radius 3 is 2.75 bits per heavy atom. The number of carbonyl (C=O) groups excluding carboxylic acids is 1. The fraction of sp³-hybridized carbons (Fsp3) is 0.364. The molecule has 0 aliphatic heterocycles. The predicted octanol–water partition coefficient (Wildman–Crippen LogP) is 2.05. The first kappa shape index (κ1) is 13.0. The molecule has 4 nitrogen and oxygen atoms in total. The molecule has 0 amide bonds. The van der Waals surface area contributed by atoms with Crippen LogP contribution in [0.4, 0.5) is 0 Å². The highest BCUT2D eigenvalue weighted by molar-refractivity contribution is 9.10. The quantitative estimate of drug-likeness (QED) is 0.862. The molecule has 0 fully saturated rings. The third-order valence-electron chi connectivity index (χ3n) is 2.14. The Morgan fingerprint density at radius 1 is 1.50 bits per heavy atom. The standard InChI is InChI=1S/C11H13BrO4/c1-15-10-5-7(12)3-4-8(10)9(13)6-11(14)16-2/h3-5,9,13H,6H2,1-2H3/t9-/m0/s1. The van der Waals surface area contributed by atoms with Crippen LogP contribution in [-0.4, -0.2) is 25.3 Å². The maximum atomic E-state index is 11.0. The second kappa shape index (κ2) is 5.86. The normalized spacial score (nSPS) is 12.0. The lowest BCUT2D eigenvalue weighted by molar-refractivity contribution is -0.142. The lowest BCUT2D eigenvalue weighted by Crippen LogP contribution is -2.09. The van der Waals surface area contributed by atoms with Crippen molar-refractivity contribution >= 4 is 21.9 Å². The smallest absolute Gasteiger partial charge is 0.308 e. The van der Waals surface area contributed by atoms with E-state index in [1.165, 1.54) is 14.2 Å². The van der Waals surface area contributed by atoms with Gasteiger partial charge in [-0.05, 0) is 12.1 Å². The van der Waals surface area contributed by atoms with Gasteiger partial charge in [0.2, 0.25) is 0 Å². The number of halogens is 1. The van der Waals surface area contributed by atoms with Crippen LogP contribution < -0.4 is 4.74 Å². The number of aliphatic hydroxyl groups is 1. The van der Waals surface area contributed by atoms with Crippen molar-refractivity contribution in [3.63, 3.8) is 0 Å². The van der Waals surface area contributed by atoms with E-state index in [0.717, 1.165) is 4.47 Å². The van der Waals surface area contributed by atoms with Crippen LogP contribution in [0.25, 0.3) is 0 Å². The van der Waals surface area contributed by atoms with E-state index in [2.05, 4.69) is 20.7 Å². The van der Waals surface area contributed by atoms with Crippen LogP contribution in [0.5, 0.6) is 5.75 Å². The lowest BCUT2D eigenvalue weighted by atomic mass is 10.1. The molecular weight excluding hydrogens is 276 g/mol. The Hall–Kier alpha value is -1.07. The SMILES string of the molecule is COC(=O)C[C@H](O)c1ccc(Br)cc1OC. The van der Waals surface area contributed by atoms with Gasteiger partial charge in [-0.2, -0.15) is 0 Å². The Bertz CT molecular complexity index is 378. The second-order valence-electron chi connectivity index (χ2n) is 3.18. The number of carbonyl (C=O) groups is 1. The summed E-state index contributed by atoms with van der Waals surface area (Å²) >= 11 is 3.30. The first-order valence-corrected chi connectivity index (χ1v) is 5.46. The number of hydrogen-bond acceptors (Lipinski definition) is 4. The number of rotatable bonds is 4. The molecule has 1 aromatic carbocycles. The van der Waals surface area contributed by atoms with Crippen LogP contribution in [0.2, 0.25) is 0 Å². The average molecular weight is 289 g/mol. The summed E-state index contributed by atoms with van der Waals surface area (Å²) in [5.74, 6) is 0.0725. The van der Waals surface area contributed by atoms with Gasteiger partial charge in [0.05, 0.1) is 26.7 Å². The number of methoxy groups -OCH3 is 2. The number of ether oxygens (including phenoxy) is 2. The Balaban J connectivity index is 2.90. The largest absolute Gasteiger partial charge is 0.496 e. The summed E-state index contributed by atoms with van der Waals surface area (Å²) in [5, 5.41) is 9.83. The van der Waals surface area contributed by atoms with E-state index in [-0.39, 0.29) is 6.42 Å². The zero-order valence-electron chi connectivity index (χ0n) is 9.07. The van der Waals surface area contributed by atoms with Crippen molar-refractivity contribution in [2.75, 3.05) is 14.2 Å². The van der Waals surface area contributed by atoms with Gasteiger partial charge in [-0.3, -0.25) is 4.79 Å². The van der Waals surface area contributed by atoms with Gasteiger partial charge in [-0.1, -0.05) is 22.0 Å². The van der Waals surface area contributed by atoms with E-state index in [1.54, 1.807) is 18.2 Å². The first-order valence-electron chi connectivity index (χ1n) is 4.66. The highest BCUT2D eigenvalue weighted by Crippen LogP contribution is 2.30. The minimum atomic E-state index is -0.921. The van der Waals surface area contributed by atoms with Crippen LogP contribution in [0.3, 0.4) is 0 Å². The molecular formula is C11H13BrO4. The first-order chi connectivity index (χ1) is 7.58. The monoisotopic (exact) mass is 288 g/mol. The van der Waals surface area contributed by atoms with Gasteiger partial charge in [0, 0.05) is 10.0 Å². The summed E-state index contributed by atoms with van der Waals surface area (Å²) in [6, 6.07) is 5.21. The van der Waals surface area contributed by atoms with E-state index >= 15 is 0 Å². The van der Waals surface area contributed by atoms with E-state index in [4.69, 9.17) is 4.74 Å². The van der Waals surface area contributed by atoms with Crippen molar-refractivity contribution in [2.45, 2.75) is 12.5 Å². The average Bonchev–Trinajstić information content (AvgIpc) is 2.28. The van der Waals surface area contributed by atoms with Crippen LogP contribution >= 0.6 is 15.9 Å². The number of aliphatic hydroxyl groups excluding tert-OH is 1. The Labute approximate surface area is 102 Å². The summed E-state index contributed by atoms with van der Waals surface area (Å²) < 4.78 is 10.5. The molecule has 0 heterocycles. The zero-order chi connectivity index (χ0) is 12.1. The lowest BCUT2D eigenvalue weighted by Gasteiger charge is -2.13. The highest BCUT2D eigenvalue weighted by Gasteiger charge is 2.17. The number of hydrogen-bond donors (Lipinski definition) is 1. The van der Waals surface area contributed by atoms with Gasteiger partial charge in [0.1, 0.15) is 5.75 Å². The van der Waals surface area contributed by atoms with E-state index in [9.17, 15) is 9.90 Å². The molecule has 0 saturated heterocycles. The van der Waals surface area contributed by atoms with Gasteiger partial charge in [-0.15, -0.1) is 0 Å². The second-order valence-corrected chi connectivity index (χ2v) is 4.10. The Kier molecular flexibility index (Phi) is 4.76. The maximum Gasteiger partial charge on any atom is 0.308 e. The molecule has 0 spiro atoms. The summed E-state index contributed by atoms with van der Waals surface area (Å²) in [6.07, 6.45) is -1.01. The van der Waals surface area contributed by atoms with Crippen LogP contribution in [0, 0.1) is 0 Å². The third-order valence-corrected chi connectivity index (χ3v) is 2.64. The van der Waals surface area contributed by atoms with Crippen LogP contribution in [0.1, 0.15) is 18.1 Å². The van der Waals surface area contributed by atoms with Crippen molar-refractivity contribution in [2.24, 2.45) is 0 Å². The maximum absolute atomic E-state index is 11.0. The summed E-state index contributed by atoms with van der Waals surface area (Å²) in [7, 11) is 2.80. The molecule has 0 aliphatic rings. The molecule has 1 aromatic rings. The van der Waals surface area contributed by atoms with E-state index < -0.39 is 12.1 Å². The van der Waals surface area contributed by atoms with E-state index in [1.807, 2.05) is 0 Å². The molecule has 16 heavy (non-hydrogen) atoms. The summed E-state index contributed by atoms with van der Waals surface area (Å²) in [4.78, 5) is 11.0. The fourth-order valence-corrected chi connectivity index (χ4v) is 1.65. The zero-order valence-corrected chi connectivity index (χ0v) is 10.7.